The van der Waals surface area contributed by atoms with E-state index < -0.39 is 54.9 Å². The van der Waals surface area contributed by atoms with E-state index in [-0.39, 0.29) is 63.3 Å². The van der Waals surface area contributed by atoms with Crippen molar-refractivity contribution in [1.82, 2.24) is 5.32 Å². The van der Waals surface area contributed by atoms with Crippen molar-refractivity contribution >= 4 is 0 Å². The summed E-state index contributed by atoms with van der Waals surface area (Å²) in [6.45, 7) is 5.32. The first-order chi connectivity index (χ1) is 22.3. The zero-order valence-corrected chi connectivity index (χ0v) is 28.3. The van der Waals surface area contributed by atoms with E-state index in [1.165, 1.54) is 12.2 Å². The summed E-state index contributed by atoms with van der Waals surface area (Å²) >= 11 is 0. The number of nitrogens with two attached hydrogens (primary N) is 1. The van der Waals surface area contributed by atoms with Crippen LogP contribution in [0.3, 0.4) is 0 Å². The molecule has 272 valence electrons. The van der Waals surface area contributed by atoms with Gasteiger partial charge in [0.2, 0.25) is 0 Å². The number of aliphatic hydroxyl groups excluding tert-OH is 9. The molecular formula is C36H64N2O9. The van der Waals surface area contributed by atoms with E-state index in [2.05, 4.69) is 19.2 Å². The van der Waals surface area contributed by atoms with Crippen LogP contribution in [0.1, 0.15) is 90.0 Å². The molecule has 0 aromatic heterocycles. The Morgan fingerprint density at radius 3 is 1.53 bits per heavy atom. The van der Waals surface area contributed by atoms with Gasteiger partial charge in [-0.2, -0.15) is 0 Å². The quantitative estimate of drug-likeness (QED) is 0.0602. The molecule has 1 aromatic carbocycles. The van der Waals surface area contributed by atoms with Gasteiger partial charge in [-0.05, 0) is 75.8 Å². The fraction of sp³-hybridized carbons (Fsp3) is 0.722. The van der Waals surface area contributed by atoms with Crippen molar-refractivity contribution in [2.45, 2.75) is 152 Å². The monoisotopic (exact) mass is 668 g/mol. The molecule has 0 aliphatic carbocycles. The number of nitrogens with one attached hydrogen (secondary N) is 1. The summed E-state index contributed by atoms with van der Waals surface area (Å²) in [5.74, 6) is 0.283. The molecule has 0 amide bonds. The number of rotatable bonds is 27. The van der Waals surface area contributed by atoms with Gasteiger partial charge >= 0.3 is 0 Å². The highest BCUT2D eigenvalue weighted by Gasteiger charge is 2.22. The Hall–Kier alpha value is -1.74. The molecule has 10 unspecified atom stereocenters. The predicted octanol–water partition coefficient (Wildman–Crippen LogP) is 1.41. The maximum atomic E-state index is 10.6. The van der Waals surface area contributed by atoms with E-state index in [0.29, 0.717) is 32.4 Å². The lowest BCUT2D eigenvalue weighted by Gasteiger charge is -2.26. The molecule has 11 nitrogen and oxygen atoms in total. The third-order valence-electron chi connectivity index (χ3n) is 8.22. The smallest absolute Gasteiger partial charge is 0.0745 e. The van der Waals surface area contributed by atoms with Crippen molar-refractivity contribution in [2.24, 2.45) is 11.7 Å². The molecule has 11 heteroatoms. The molecule has 0 radical (unpaired) electrons. The van der Waals surface area contributed by atoms with Gasteiger partial charge in [-0.3, -0.25) is 0 Å². The second-order valence-electron chi connectivity index (χ2n) is 13.3. The number of benzene rings is 1. The van der Waals surface area contributed by atoms with Gasteiger partial charge in [-0.15, -0.1) is 0 Å². The lowest BCUT2D eigenvalue weighted by molar-refractivity contribution is 0.0260. The van der Waals surface area contributed by atoms with Crippen LogP contribution < -0.4 is 11.1 Å². The summed E-state index contributed by atoms with van der Waals surface area (Å²) in [6.07, 6.45) is 0.542. The third kappa shape index (κ3) is 22.5. The zero-order chi connectivity index (χ0) is 35.2. The molecule has 1 rings (SSSR count). The molecule has 0 saturated carbocycles. The Balaban J connectivity index is 2.30. The van der Waals surface area contributed by atoms with Crippen molar-refractivity contribution in [3.8, 4) is 0 Å². The summed E-state index contributed by atoms with van der Waals surface area (Å²) in [5.41, 5.74) is 6.57. The molecule has 0 aliphatic rings. The van der Waals surface area contributed by atoms with E-state index in [0.717, 1.165) is 5.56 Å². The molecule has 0 aliphatic heterocycles. The van der Waals surface area contributed by atoms with E-state index >= 15 is 0 Å². The molecule has 0 spiro atoms. The van der Waals surface area contributed by atoms with Gasteiger partial charge < -0.3 is 57.0 Å². The number of hydrogen-bond acceptors (Lipinski definition) is 11. The molecule has 1 aromatic rings. The Labute approximate surface area is 281 Å². The Bertz CT molecular complexity index is 952. The maximum Gasteiger partial charge on any atom is 0.0745 e. The van der Waals surface area contributed by atoms with Crippen molar-refractivity contribution in [2.75, 3.05) is 6.54 Å². The standard InChI is InChI=1S/C36H64N2O9/c1-25(2)36(38-24-26-9-4-3-5-10-26)23-35(47)22-34(46)20-30(42)14-7-13-29(41)19-33(45)21-32(44)18-28(40)12-6-11-27(39)17-31(43)15-8-16-37/h3-7,9-10,12,14,25,27-36,38-47H,8,11,13,15-24,37H2,1-2H3/b12-6+,14-7+. The molecule has 0 bridgehead atoms. The zero-order valence-electron chi connectivity index (χ0n) is 28.3. The van der Waals surface area contributed by atoms with Crippen LogP contribution in [-0.2, 0) is 6.54 Å². The summed E-state index contributed by atoms with van der Waals surface area (Å²) in [5, 5.41) is 95.6. The highest BCUT2D eigenvalue weighted by atomic mass is 16.3. The largest absolute Gasteiger partial charge is 0.393 e. The molecule has 10 atom stereocenters. The summed E-state index contributed by atoms with van der Waals surface area (Å²) in [7, 11) is 0. The minimum absolute atomic E-state index is 0.00769. The summed E-state index contributed by atoms with van der Waals surface area (Å²) in [6, 6.07) is 10.1. The highest BCUT2D eigenvalue weighted by Crippen LogP contribution is 2.17. The Morgan fingerprint density at radius 1 is 0.596 bits per heavy atom. The molecule has 0 fully saturated rings. The van der Waals surface area contributed by atoms with Crippen molar-refractivity contribution < 1.29 is 46.0 Å². The minimum Gasteiger partial charge on any atom is -0.393 e. The van der Waals surface area contributed by atoms with Crippen LogP contribution in [0.25, 0.3) is 0 Å². The van der Waals surface area contributed by atoms with E-state index in [1.54, 1.807) is 12.2 Å². The van der Waals surface area contributed by atoms with E-state index in [9.17, 15) is 46.0 Å². The van der Waals surface area contributed by atoms with Crippen LogP contribution >= 0.6 is 0 Å². The number of hydrogen-bond donors (Lipinski definition) is 11. The fourth-order valence-electron chi connectivity index (χ4n) is 5.53. The Kier molecular flexibility index (Phi) is 23.3. The second-order valence-corrected chi connectivity index (χ2v) is 13.3. The van der Waals surface area contributed by atoms with Crippen LogP contribution in [0.4, 0.5) is 0 Å². The van der Waals surface area contributed by atoms with Gasteiger partial charge in [-0.25, -0.2) is 0 Å². The van der Waals surface area contributed by atoms with Crippen LogP contribution in [0.2, 0.25) is 0 Å². The second kappa shape index (κ2) is 25.3. The van der Waals surface area contributed by atoms with Crippen LogP contribution in [0, 0.1) is 5.92 Å². The first-order valence-corrected chi connectivity index (χ1v) is 17.2. The van der Waals surface area contributed by atoms with Gasteiger partial charge in [-0.1, -0.05) is 68.5 Å². The van der Waals surface area contributed by atoms with E-state index in [1.807, 2.05) is 30.3 Å². The molecular weight excluding hydrogens is 604 g/mol. The van der Waals surface area contributed by atoms with Crippen molar-refractivity contribution in [3.05, 3.63) is 60.2 Å². The van der Waals surface area contributed by atoms with Crippen LogP contribution in [0.15, 0.2) is 54.6 Å². The molecule has 12 N–H and O–H groups in total. The highest BCUT2D eigenvalue weighted by molar-refractivity contribution is 5.14. The normalized spacial score (nSPS) is 19.0. The first-order valence-electron chi connectivity index (χ1n) is 17.2. The van der Waals surface area contributed by atoms with Crippen LogP contribution in [0.5, 0.6) is 0 Å². The van der Waals surface area contributed by atoms with Gasteiger partial charge in [0, 0.05) is 25.4 Å². The first kappa shape index (κ1) is 43.3. The van der Waals surface area contributed by atoms with Gasteiger partial charge in [0.15, 0.2) is 0 Å². The minimum atomic E-state index is -1.01. The van der Waals surface area contributed by atoms with Crippen LogP contribution in [-0.4, -0.2) is 113 Å². The fourth-order valence-corrected chi connectivity index (χ4v) is 5.53. The summed E-state index contributed by atoms with van der Waals surface area (Å²) < 4.78 is 0. The lowest BCUT2D eigenvalue weighted by Crippen LogP contribution is -2.37. The average molecular weight is 669 g/mol. The summed E-state index contributed by atoms with van der Waals surface area (Å²) in [4.78, 5) is 0. The van der Waals surface area contributed by atoms with Gasteiger partial charge in [0.05, 0.1) is 54.9 Å². The third-order valence-corrected chi connectivity index (χ3v) is 8.22. The molecule has 47 heavy (non-hydrogen) atoms. The van der Waals surface area contributed by atoms with Crippen molar-refractivity contribution in [1.29, 1.82) is 0 Å². The predicted molar refractivity (Wildman–Crippen MR) is 184 cm³/mol. The average Bonchev–Trinajstić information content (AvgIpc) is 2.98. The Morgan fingerprint density at radius 2 is 1.04 bits per heavy atom. The van der Waals surface area contributed by atoms with Gasteiger partial charge in [0.1, 0.15) is 0 Å². The SMILES string of the molecule is CC(C)C(CC(O)CC(O)CC(O)/C=C/CC(O)CC(O)CC(O)CC(O)/C=C/CC(O)CC(O)CCCN)NCc1ccccc1. The van der Waals surface area contributed by atoms with Gasteiger partial charge in [0.25, 0.3) is 0 Å². The number of aliphatic hydroxyl groups is 9. The molecule has 0 heterocycles. The topological polar surface area (TPSA) is 220 Å². The lowest BCUT2D eigenvalue weighted by atomic mass is 9.94. The molecule has 0 saturated heterocycles. The van der Waals surface area contributed by atoms with E-state index in [4.69, 9.17) is 5.73 Å². The maximum absolute atomic E-state index is 10.6. The van der Waals surface area contributed by atoms with Crippen molar-refractivity contribution in [3.63, 3.8) is 0 Å².